The molecule has 1 heterocycles. The predicted octanol–water partition coefficient (Wildman–Crippen LogP) is 1.92. The molecular weight excluding hydrogens is 322 g/mol. The summed E-state index contributed by atoms with van der Waals surface area (Å²) in [7, 11) is 0. The lowest BCUT2D eigenvalue weighted by atomic mass is 9.95. The van der Waals surface area contributed by atoms with Crippen molar-refractivity contribution in [3.63, 3.8) is 0 Å². The molecule has 1 unspecified atom stereocenters. The highest BCUT2D eigenvalue weighted by atomic mass is 35.5. The van der Waals surface area contributed by atoms with Gasteiger partial charge in [-0.2, -0.15) is 11.3 Å². The van der Waals surface area contributed by atoms with Crippen LogP contribution < -0.4 is 16.4 Å². The summed E-state index contributed by atoms with van der Waals surface area (Å²) in [5.74, 6) is 0.450. The Bertz CT molecular complexity index is 491. The molecule has 0 bridgehead atoms. The van der Waals surface area contributed by atoms with Gasteiger partial charge in [0.25, 0.3) is 5.91 Å². The van der Waals surface area contributed by atoms with E-state index in [1.54, 1.807) is 6.07 Å². The average molecular weight is 346 g/mol. The average Bonchev–Trinajstić information content (AvgIpc) is 3.19. The van der Waals surface area contributed by atoms with Gasteiger partial charge in [0.05, 0.1) is 5.54 Å². The maximum Gasteiger partial charge on any atom is 0.252 e. The van der Waals surface area contributed by atoms with Crippen molar-refractivity contribution in [3.05, 3.63) is 22.4 Å². The highest BCUT2D eigenvalue weighted by Crippen LogP contribution is 2.38. The predicted molar refractivity (Wildman–Crippen MR) is 91.5 cm³/mol. The van der Waals surface area contributed by atoms with Gasteiger partial charge in [-0.25, -0.2) is 0 Å². The van der Waals surface area contributed by atoms with Crippen molar-refractivity contribution >= 4 is 35.6 Å². The van der Waals surface area contributed by atoms with Gasteiger partial charge < -0.3 is 16.4 Å². The number of carbonyl (C=O) groups excluding carboxylic acids is 2. The Kier molecular flexibility index (Phi) is 7.32. The molecule has 2 rings (SSSR count). The fraction of sp³-hybridized carbons (Fsp3) is 0.600. The molecule has 0 spiro atoms. The Morgan fingerprint density at radius 2 is 2.18 bits per heavy atom. The van der Waals surface area contributed by atoms with Crippen molar-refractivity contribution in [2.75, 3.05) is 13.1 Å². The van der Waals surface area contributed by atoms with E-state index in [0.717, 1.165) is 12.8 Å². The van der Waals surface area contributed by atoms with Crippen LogP contribution >= 0.6 is 23.7 Å². The second kappa shape index (κ2) is 8.50. The van der Waals surface area contributed by atoms with Crippen LogP contribution in [0, 0.1) is 5.92 Å². The Balaban J connectivity index is 0.00000242. The van der Waals surface area contributed by atoms with Crippen LogP contribution in [0.25, 0.3) is 0 Å². The smallest absolute Gasteiger partial charge is 0.252 e. The third kappa shape index (κ3) is 5.26. The lowest BCUT2D eigenvalue weighted by molar-refractivity contribution is -0.123. The second-order valence-corrected chi connectivity index (χ2v) is 6.60. The zero-order chi connectivity index (χ0) is 15.3. The summed E-state index contributed by atoms with van der Waals surface area (Å²) in [6.07, 6.45) is 3.33. The number of halogens is 1. The summed E-state index contributed by atoms with van der Waals surface area (Å²) in [6, 6.07) is 1.79. The minimum Gasteiger partial charge on any atom is -0.352 e. The number of carbonyl (C=O) groups is 2. The first kappa shape index (κ1) is 18.9. The van der Waals surface area contributed by atoms with Crippen LogP contribution in [0.2, 0.25) is 0 Å². The van der Waals surface area contributed by atoms with E-state index in [0.29, 0.717) is 37.4 Å². The molecule has 0 saturated heterocycles. The van der Waals surface area contributed by atoms with Crippen molar-refractivity contribution in [2.24, 2.45) is 11.7 Å². The Hall–Kier alpha value is -1.11. The maximum atomic E-state index is 11.9. The summed E-state index contributed by atoms with van der Waals surface area (Å²) >= 11 is 1.49. The number of hydrogen-bond acceptors (Lipinski definition) is 4. The van der Waals surface area contributed by atoms with Gasteiger partial charge in [-0.15, -0.1) is 12.4 Å². The molecule has 1 saturated carbocycles. The number of nitrogens with one attached hydrogen (secondary N) is 2. The summed E-state index contributed by atoms with van der Waals surface area (Å²) < 4.78 is 0. The normalized spacial score (nSPS) is 16.3. The molecule has 1 aliphatic carbocycles. The van der Waals surface area contributed by atoms with Crippen molar-refractivity contribution < 1.29 is 9.59 Å². The monoisotopic (exact) mass is 345 g/mol. The van der Waals surface area contributed by atoms with Crippen molar-refractivity contribution in [2.45, 2.75) is 38.1 Å². The first-order valence-corrected chi connectivity index (χ1v) is 8.31. The SMILES string of the molecule is CC(CN)(NC(=O)CCCNC(=O)c1ccsc1)C1CC1.Cl. The lowest BCUT2D eigenvalue weighted by Gasteiger charge is -2.29. The highest BCUT2D eigenvalue weighted by molar-refractivity contribution is 7.08. The van der Waals surface area contributed by atoms with E-state index in [1.165, 1.54) is 11.3 Å². The molecule has 4 N–H and O–H groups in total. The summed E-state index contributed by atoms with van der Waals surface area (Å²) in [5, 5.41) is 9.54. The fourth-order valence-corrected chi connectivity index (χ4v) is 3.00. The van der Waals surface area contributed by atoms with Gasteiger partial charge in [-0.05, 0) is 43.6 Å². The number of amides is 2. The Labute approximate surface area is 141 Å². The topological polar surface area (TPSA) is 84.2 Å². The minimum absolute atomic E-state index is 0. The van der Waals surface area contributed by atoms with Crippen LogP contribution in [0.15, 0.2) is 16.8 Å². The van der Waals surface area contributed by atoms with Crippen LogP contribution in [0.5, 0.6) is 0 Å². The number of thiophene rings is 1. The van der Waals surface area contributed by atoms with E-state index in [2.05, 4.69) is 10.6 Å². The van der Waals surface area contributed by atoms with E-state index in [-0.39, 0.29) is 29.8 Å². The number of rotatable bonds is 8. The van der Waals surface area contributed by atoms with E-state index in [1.807, 2.05) is 17.7 Å². The van der Waals surface area contributed by atoms with E-state index < -0.39 is 0 Å². The quantitative estimate of drug-likeness (QED) is 0.629. The molecule has 1 aromatic heterocycles. The molecule has 0 aromatic carbocycles. The number of nitrogens with two attached hydrogens (primary N) is 1. The molecule has 2 amide bonds. The molecule has 1 aliphatic rings. The zero-order valence-corrected chi connectivity index (χ0v) is 14.4. The van der Waals surface area contributed by atoms with E-state index >= 15 is 0 Å². The lowest BCUT2D eigenvalue weighted by Crippen LogP contribution is -2.53. The van der Waals surface area contributed by atoms with Crippen LogP contribution in [0.3, 0.4) is 0 Å². The van der Waals surface area contributed by atoms with E-state index in [9.17, 15) is 9.59 Å². The molecule has 1 fully saturated rings. The molecule has 1 atom stereocenters. The van der Waals surface area contributed by atoms with Gasteiger partial charge >= 0.3 is 0 Å². The zero-order valence-electron chi connectivity index (χ0n) is 12.8. The Morgan fingerprint density at radius 3 is 2.73 bits per heavy atom. The molecule has 0 aliphatic heterocycles. The van der Waals surface area contributed by atoms with E-state index in [4.69, 9.17) is 5.73 Å². The van der Waals surface area contributed by atoms with Crippen LogP contribution in [-0.4, -0.2) is 30.4 Å². The molecule has 1 aromatic rings. The maximum absolute atomic E-state index is 11.9. The van der Waals surface area contributed by atoms with Crippen molar-refractivity contribution in [1.82, 2.24) is 10.6 Å². The summed E-state index contributed by atoms with van der Waals surface area (Å²) in [4.78, 5) is 23.6. The molecule has 0 radical (unpaired) electrons. The molecule has 7 heteroatoms. The fourth-order valence-electron chi connectivity index (χ4n) is 2.37. The second-order valence-electron chi connectivity index (χ2n) is 5.82. The van der Waals surface area contributed by atoms with Gasteiger partial charge in [-0.1, -0.05) is 0 Å². The van der Waals surface area contributed by atoms with Gasteiger partial charge in [0, 0.05) is 30.5 Å². The standard InChI is InChI=1S/C15H23N3O2S.ClH/c1-15(10-16,12-4-5-12)18-13(19)3-2-7-17-14(20)11-6-8-21-9-11;/h6,8-9,12H,2-5,7,10,16H2,1H3,(H,17,20)(H,18,19);1H. The number of hydrogen-bond donors (Lipinski definition) is 3. The van der Waals surface area contributed by atoms with Crippen LogP contribution in [0.4, 0.5) is 0 Å². The first-order valence-electron chi connectivity index (χ1n) is 7.36. The van der Waals surface area contributed by atoms with Gasteiger partial charge in [0.2, 0.25) is 5.91 Å². The summed E-state index contributed by atoms with van der Waals surface area (Å²) in [6.45, 7) is 2.99. The van der Waals surface area contributed by atoms with Crippen molar-refractivity contribution in [3.8, 4) is 0 Å². The van der Waals surface area contributed by atoms with Gasteiger partial charge in [0.15, 0.2) is 0 Å². The first-order chi connectivity index (χ1) is 10.0. The van der Waals surface area contributed by atoms with Crippen molar-refractivity contribution in [1.29, 1.82) is 0 Å². The highest BCUT2D eigenvalue weighted by Gasteiger charge is 2.41. The third-order valence-corrected chi connectivity index (χ3v) is 4.66. The third-order valence-electron chi connectivity index (χ3n) is 3.98. The van der Waals surface area contributed by atoms with Gasteiger partial charge in [0.1, 0.15) is 0 Å². The largest absolute Gasteiger partial charge is 0.352 e. The summed E-state index contributed by atoms with van der Waals surface area (Å²) in [5.41, 5.74) is 6.18. The molecule has 22 heavy (non-hydrogen) atoms. The molecule has 5 nitrogen and oxygen atoms in total. The van der Waals surface area contributed by atoms with Crippen LogP contribution in [-0.2, 0) is 4.79 Å². The molecular formula is C15H24ClN3O2S. The minimum atomic E-state index is -0.267. The van der Waals surface area contributed by atoms with Crippen LogP contribution in [0.1, 0.15) is 43.0 Å². The van der Waals surface area contributed by atoms with Gasteiger partial charge in [-0.3, -0.25) is 9.59 Å². The Morgan fingerprint density at radius 1 is 1.45 bits per heavy atom. The molecule has 124 valence electrons.